The molecule has 0 amide bonds. The van der Waals surface area contributed by atoms with Gasteiger partial charge in [-0.2, -0.15) is 0 Å². The Morgan fingerprint density at radius 1 is 0.800 bits per heavy atom. The number of rotatable bonds is 5. The molecular formula is C25H20N2O2S. The van der Waals surface area contributed by atoms with Gasteiger partial charge in [0, 0.05) is 41.8 Å². The van der Waals surface area contributed by atoms with E-state index in [1.54, 1.807) is 36.4 Å². The molecule has 148 valence electrons. The molecule has 0 atom stereocenters. The van der Waals surface area contributed by atoms with Crippen LogP contribution in [-0.4, -0.2) is 21.7 Å². The van der Waals surface area contributed by atoms with Crippen molar-refractivity contribution < 1.29 is 8.42 Å². The summed E-state index contributed by atoms with van der Waals surface area (Å²) < 4.78 is 25.6. The van der Waals surface area contributed by atoms with Crippen LogP contribution in [0.5, 0.6) is 0 Å². The van der Waals surface area contributed by atoms with Crippen molar-refractivity contribution in [1.29, 1.82) is 0 Å². The van der Waals surface area contributed by atoms with Gasteiger partial charge in [0.2, 0.25) is 9.84 Å². The fourth-order valence-electron chi connectivity index (χ4n) is 3.96. The highest BCUT2D eigenvalue weighted by Gasteiger charge is 2.18. The van der Waals surface area contributed by atoms with Crippen LogP contribution < -0.4 is 4.90 Å². The SMILES string of the molecule is CN(Cc1ccc(S(=O)(=O)c2ccccc2)cc1)c1ccc2c3c(cccc13)C=N2. The lowest BCUT2D eigenvalue weighted by atomic mass is 10.0. The molecule has 1 heterocycles. The molecule has 0 spiro atoms. The standard InChI is InChI=1S/C25H20N2O2S/c1-27(24-15-14-23-25-19(16-26-23)6-5-9-22(24)25)17-18-10-12-21(13-11-18)30(28,29)20-7-3-2-4-8-20/h2-16H,17H2,1H3. The van der Waals surface area contributed by atoms with Gasteiger partial charge in [-0.15, -0.1) is 0 Å². The number of anilines is 1. The Morgan fingerprint density at radius 3 is 2.30 bits per heavy atom. The summed E-state index contributed by atoms with van der Waals surface area (Å²) in [6, 6.07) is 26.1. The summed E-state index contributed by atoms with van der Waals surface area (Å²) in [7, 11) is -1.45. The van der Waals surface area contributed by atoms with Gasteiger partial charge in [0.05, 0.1) is 15.5 Å². The van der Waals surface area contributed by atoms with Crippen molar-refractivity contribution in [3.05, 3.63) is 96.1 Å². The van der Waals surface area contributed by atoms with Gasteiger partial charge in [0.25, 0.3) is 0 Å². The Bertz CT molecular complexity index is 1360. The Kier molecular flexibility index (Phi) is 4.40. The minimum Gasteiger partial charge on any atom is -0.370 e. The molecule has 0 radical (unpaired) electrons. The van der Waals surface area contributed by atoms with E-state index >= 15 is 0 Å². The number of hydrogen-bond acceptors (Lipinski definition) is 4. The number of sulfone groups is 1. The first kappa shape index (κ1) is 18.6. The summed E-state index contributed by atoms with van der Waals surface area (Å²) >= 11 is 0. The summed E-state index contributed by atoms with van der Waals surface area (Å²) in [5.41, 5.74) is 4.33. The second kappa shape index (κ2) is 7.11. The number of nitrogens with zero attached hydrogens (tertiary/aromatic N) is 2. The Labute approximate surface area is 176 Å². The van der Waals surface area contributed by atoms with E-state index in [2.05, 4.69) is 47.3 Å². The summed E-state index contributed by atoms with van der Waals surface area (Å²) in [5, 5.41) is 2.36. The van der Waals surface area contributed by atoms with Gasteiger partial charge in [-0.3, -0.25) is 4.99 Å². The predicted molar refractivity (Wildman–Crippen MR) is 122 cm³/mol. The van der Waals surface area contributed by atoms with E-state index in [-0.39, 0.29) is 0 Å². The predicted octanol–water partition coefficient (Wildman–Crippen LogP) is 5.37. The first-order valence-corrected chi connectivity index (χ1v) is 11.2. The van der Waals surface area contributed by atoms with Gasteiger partial charge in [-0.05, 0) is 42.0 Å². The van der Waals surface area contributed by atoms with Crippen LogP contribution in [0.2, 0.25) is 0 Å². The third kappa shape index (κ3) is 3.08. The Hall–Kier alpha value is -3.44. The van der Waals surface area contributed by atoms with Crippen LogP contribution in [0.25, 0.3) is 10.8 Å². The normalized spacial score (nSPS) is 12.4. The first-order valence-electron chi connectivity index (χ1n) is 9.74. The Balaban J connectivity index is 1.42. The highest BCUT2D eigenvalue weighted by Crippen LogP contribution is 2.38. The third-order valence-electron chi connectivity index (χ3n) is 5.49. The largest absolute Gasteiger partial charge is 0.370 e. The molecule has 1 aliphatic rings. The lowest BCUT2D eigenvalue weighted by Gasteiger charge is -2.22. The molecule has 1 aliphatic heterocycles. The summed E-state index contributed by atoms with van der Waals surface area (Å²) in [6.07, 6.45) is 1.91. The van der Waals surface area contributed by atoms with E-state index in [9.17, 15) is 8.42 Å². The maximum atomic E-state index is 12.8. The van der Waals surface area contributed by atoms with E-state index in [1.807, 2.05) is 24.4 Å². The minimum atomic E-state index is -3.50. The highest BCUT2D eigenvalue weighted by atomic mass is 32.2. The molecule has 0 aliphatic carbocycles. The van der Waals surface area contributed by atoms with Crippen molar-refractivity contribution >= 4 is 38.2 Å². The number of hydrogen-bond donors (Lipinski definition) is 0. The van der Waals surface area contributed by atoms with E-state index in [0.717, 1.165) is 22.5 Å². The van der Waals surface area contributed by atoms with Crippen molar-refractivity contribution in [2.75, 3.05) is 11.9 Å². The van der Waals surface area contributed by atoms with E-state index in [0.29, 0.717) is 16.3 Å². The lowest BCUT2D eigenvalue weighted by Crippen LogP contribution is -2.16. The molecule has 0 fully saturated rings. The monoisotopic (exact) mass is 412 g/mol. The zero-order valence-corrected chi connectivity index (χ0v) is 17.3. The van der Waals surface area contributed by atoms with Gasteiger partial charge in [-0.1, -0.05) is 48.5 Å². The van der Waals surface area contributed by atoms with Crippen molar-refractivity contribution in [3.8, 4) is 0 Å². The molecule has 30 heavy (non-hydrogen) atoms. The molecule has 4 aromatic rings. The minimum absolute atomic E-state index is 0.308. The fourth-order valence-corrected chi connectivity index (χ4v) is 5.24. The maximum absolute atomic E-state index is 12.8. The molecule has 0 unspecified atom stereocenters. The van der Waals surface area contributed by atoms with E-state index < -0.39 is 9.84 Å². The third-order valence-corrected chi connectivity index (χ3v) is 7.27. The van der Waals surface area contributed by atoms with Gasteiger partial charge in [0.15, 0.2) is 0 Å². The van der Waals surface area contributed by atoms with Crippen LogP contribution in [0.1, 0.15) is 11.1 Å². The second-order valence-corrected chi connectivity index (χ2v) is 9.40. The van der Waals surface area contributed by atoms with Crippen LogP contribution >= 0.6 is 0 Å². The van der Waals surface area contributed by atoms with E-state index in [4.69, 9.17) is 0 Å². The molecule has 5 heteroatoms. The first-order chi connectivity index (χ1) is 14.5. The number of aliphatic imine (C=N–C) groups is 1. The molecule has 0 saturated carbocycles. The molecule has 5 rings (SSSR count). The second-order valence-electron chi connectivity index (χ2n) is 7.45. The molecule has 0 saturated heterocycles. The number of benzene rings is 4. The van der Waals surface area contributed by atoms with Gasteiger partial charge in [0.1, 0.15) is 0 Å². The van der Waals surface area contributed by atoms with Crippen molar-refractivity contribution in [3.63, 3.8) is 0 Å². The molecular weight excluding hydrogens is 392 g/mol. The van der Waals surface area contributed by atoms with Crippen LogP contribution in [0.3, 0.4) is 0 Å². The quantitative estimate of drug-likeness (QED) is 0.390. The Morgan fingerprint density at radius 2 is 1.53 bits per heavy atom. The lowest BCUT2D eigenvalue weighted by molar-refractivity contribution is 0.596. The smallest absolute Gasteiger partial charge is 0.206 e. The fraction of sp³-hybridized carbons (Fsp3) is 0.0800. The van der Waals surface area contributed by atoms with Crippen LogP contribution in [-0.2, 0) is 16.4 Å². The van der Waals surface area contributed by atoms with Gasteiger partial charge in [-0.25, -0.2) is 8.42 Å². The molecule has 4 aromatic carbocycles. The molecule has 0 N–H and O–H groups in total. The summed E-state index contributed by atoms with van der Waals surface area (Å²) in [4.78, 5) is 7.29. The zero-order valence-electron chi connectivity index (χ0n) is 16.5. The maximum Gasteiger partial charge on any atom is 0.206 e. The van der Waals surface area contributed by atoms with Crippen LogP contribution in [0.4, 0.5) is 11.4 Å². The zero-order chi connectivity index (χ0) is 20.7. The average Bonchev–Trinajstić information content (AvgIpc) is 3.20. The van der Waals surface area contributed by atoms with Gasteiger partial charge >= 0.3 is 0 Å². The van der Waals surface area contributed by atoms with Gasteiger partial charge < -0.3 is 4.90 Å². The van der Waals surface area contributed by atoms with Crippen LogP contribution in [0, 0.1) is 0 Å². The summed E-state index contributed by atoms with van der Waals surface area (Å²) in [6.45, 7) is 0.672. The van der Waals surface area contributed by atoms with Crippen molar-refractivity contribution in [2.24, 2.45) is 4.99 Å². The average molecular weight is 413 g/mol. The van der Waals surface area contributed by atoms with E-state index in [1.165, 1.54) is 10.8 Å². The van der Waals surface area contributed by atoms with Crippen molar-refractivity contribution in [2.45, 2.75) is 16.3 Å². The molecule has 4 nitrogen and oxygen atoms in total. The molecule has 0 aromatic heterocycles. The highest BCUT2D eigenvalue weighted by molar-refractivity contribution is 7.91. The van der Waals surface area contributed by atoms with Crippen molar-refractivity contribution in [1.82, 2.24) is 0 Å². The summed E-state index contributed by atoms with van der Waals surface area (Å²) in [5.74, 6) is 0. The van der Waals surface area contributed by atoms with Crippen LogP contribution in [0.15, 0.2) is 99.7 Å². The molecule has 0 bridgehead atoms. The topological polar surface area (TPSA) is 49.7 Å².